The fourth-order valence-corrected chi connectivity index (χ4v) is 3.11. The Labute approximate surface area is 112 Å². The summed E-state index contributed by atoms with van der Waals surface area (Å²) in [5.74, 6) is 0.644. The van der Waals surface area contributed by atoms with Gasteiger partial charge in [-0.25, -0.2) is 0 Å². The van der Waals surface area contributed by atoms with Gasteiger partial charge in [-0.2, -0.15) is 0 Å². The third kappa shape index (κ3) is 2.25. The number of H-pyrrole nitrogens is 1. The highest BCUT2D eigenvalue weighted by Crippen LogP contribution is 2.29. The number of nitrogens with one attached hydrogen (secondary N) is 1. The molecule has 96 valence electrons. The van der Waals surface area contributed by atoms with Crippen LogP contribution in [0.5, 0.6) is 0 Å². The van der Waals surface area contributed by atoms with Crippen LogP contribution in [-0.2, 0) is 4.74 Å². The first-order chi connectivity index (χ1) is 8.84. The van der Waals surface area contributed by atoms with Crippen LogP contribution in [0, 0.1) is 5.92 Å². The highest BCUT2D eigenvalue weighted by atomic mass is 32.2. The molecule has 3 nitrogen and oxygen atoms in total. The largest absolute Gasteiger partial charge is 0.501 e. The molecule has 4 heteroatoms. The summed E-state index contributed by atoms with van der Waals surface area (Å²) in [6.07, 6.45) is 9.08. The summed E-state index contributed by atoms with van der Waals surface area (Å²) in [6.45, 7) is 3.00. The zero-order chi connectivity index (χ0) is 12.4. The number of fused-ring (bicyclic) bond motifs is 2. The van der Waals surface area contributed by atoms with Crippen molar-refractivity contribution in [2.45, 2.75) is 19.4 Å². The predicted octanol–water partition coefficient (Wildman–Crippen LogP) is 1.86. The van der Waals surface area contributed by atoms with Gasteiger partial charge in [0.2, 0.25) is 0 Å². The number of hydrogen-bond donors (Lipinski definition) is 1. The highest BCUT2D eigenvalue weighted by molar-refractivity contribution is 8.20. The molecule has 1 aromatic heterocycles. The number of aromatic amines is 1. The van der Waals surface area contributed by atoms with Gasteiger partial charge in [-0.3, -0.25) is 4.99 Å². The summed E-state index contributed by atoms with van der Waals surface area (Å²) in [6, 6.07) is 2.55. The fraction of sp³-hybridized carbons (Fsp3) is 0.357. The van der Waals surface area contributed by atoms with Crippen molar-refractivity contribution in [2.24, 2.45) is 10.9 Å². The number of rotatable bonds is 0. The van der Waals surface area contributed by atoms with E-state index in [1.54, 1.807) is 18.0 Å². The van der Waals surface area contributed by atoms with Crippen molar-refractivity contribution in [2.75, 3.05) is 6.61 Å². The first kappa shape index (κ1) is 11.7. The Kier molecular flexibility index (Phi) is 3.28. The van der Waals surface area contributed by atoms with Crippen molar-refractivity contribution < 1.29 is 6.16 Å². The van der Waals surface area contributed by atoms with Crippen molar-refractivity contribution in [1.82, 2.24) is 4.98 Å². The second kappa shape index (κ2) is 5.06. The lowest BCUT2D eigenvalue weighted by Crippen LogP contribution is -2.30. The molecule has 0 spiro atoms. The topological polar surface area (TPSA) is 37.4 Å². The van der Waals surface area contributed by atoms with Crippen LogP contribution in [0.15, 0.2) is 29.6 Å². The molecule has 3 aliphatic rings. The van der Waals surface area contributed by atoms with E-state index in [1.165, 1.54) is 15.5 Å². The van der Waals surface area contributed by atoms with E-state index in [9.17, 15) is 0 Å². The van der Waals surface area contributed by atoms with E-state index < -0.39 is 0 Å². The molecule has 2 unspecified atom stereocenters. The molecule has 0 amide bonds. The van der Waals surface area contributed by atoms with Crippen molar-refractivity contribution in [1.29, 1.82) is 0 Å². The second-order valence-electron chi connectivity index (χ2n) is 4.64. The minimum atomic E-state index is 0. The van der Waals surface area contributed by atoms with Crippen molar-refractivity contribution >= 4 is 28.3 Å². The van der Waals surface area contributed by atoms with Gasteiger partial charge in [0.05, 0.1) is 24.5 Å². The van der Waals surface area contributed by atoms with Gasteiger partial charge >= 0.3 is 0 Å². The summed E-state index contributed by atoms with van der Waals surface area (Å²) in [7, 11) is 0. The van der Waals surface area contributed by atoms with E-state index in [1.807, 2.05) is 11.7 Å². The molecule has 1 aliphatic carbocycles. The zero-order valence-electron chi connectivity index (χ0n) is 10.3. The lowest BCUT2D eigenvalue weighted by Gasteiger charge is -2.08. The minimum absolute atomic E-state index is 0. The van der Waals surface area contributed by atoms with E-state index in [0.29, 0.717) is 12.0 Å². The Balaban J connectivity index is 0.000000164. The molecule has 3 heterocycles. The molecule has 18 heavy (non-hydrogen) atoms. The molecule has 2 atom stereocenters. The van der Waals surface area contributed by atoms with Crippen LogP contribution in [0.4, 0.5) is 0 Å². The van der Waals surface area contributed by atoms with Crippen LogP contribution in [0.2, 0.25) is 0 Å². The lowest BCUT2D eigenvalue weighted by molar-refractivity contribution is 0.255. The van der Waals surface area contributed by atoms with E-state index >= 15 is 0 Å². The number of ether oxygens (including phenoxy) is 1. The molecule has 4 rings (SSSR count). The van der Waals surface area contributed by atoms with E-state index in [-0.39, 0.29) is 1.43 Å². The molecule has 0 saturated carbocycles. The monoisotopic (exact) mass is 262 g/mol. The van der Waals surface area contributed by atoms with Crippen LogP contribution in [-0.4, -0.2) is 23.2 Å². The normalized spacial score (nSPS) is 26.8. The Morgan fingerprint density at radius 2 is 2.50 bits per heavy atom. The SMILES string of the molecule is C1=NC2CC=c3[nH]ccc3=C2S1.CC1C=COC1.[HH]. The summed E-state index contributed by atoms with van der Waals surface area (Å²) in [5.41, 5.74) is 1.95. The summed E-state index contributed by atoms with van der Waals surface area (Å²) in [5, 5.41) is 2.60. The van der Waals surface area contributed by atoms with E-state index in [2.05, 4.69) is 35.1 Å². The van der Waals surface area contributed by atoms with Gasteiger partial charge in [0.25, 0.3) is 0 Å². The first-order valence-corrected chi connectivity index (χ1v) is 7.07. The Morgan fingerprint density at radius 3 is 3.22 bits per heavy atom. The number of aromatic nitrogens is 1. The average Bonchev–Trinajstić information content (AvgIpc) is 3.09. The highest BCUT2D eigenvalue weighted by Gasteiger charge is 2.20. The Hall–Kier alpha value is -1.42. The van der Waals surface area contributed by atoms with Crippen LogP contribution in [0.3, 0.4) is 0 Å². The van der Waals surface area contributed by atoms with E-state index in [4.69, 9.17) is 4.74 Å². The van der Waals surface area contributed by atoms with Crippen molar-refractivity contribution in [3.8, 4) is 0 Å². The second-order valence-corrected chi connectivity index (χ2v) is 5.52. The molecule has 2 aliphatic heterocycles. The summed E-state index contributed by atoms with van der Waals surface area (Å²) in [4.78, 5) is 9.03. The van der Waals surface area contributed by atoms with Gasteiger partial charge in [-0.05, 0) is 18.6 Å². The first-order valence-electron chi connectivity index (χ1n) is 6.19. The van der Waals surface area contributed by atoms with Crippen LogP contribution in [0.25, 0.3) is 11.0 Å². The molecular formula is C14H18N2OS. The van der Waals surface area contributed by atoms with Gasteiger partial charge in [-0.1, -0.05) is 24.8 Å². The zero-order valence-corrected chi connectivity index (χ0v) is 11.1. The van der Waals surface area contributed by atoms with Gasteiger partial charge in [-0.15, -0.1) is 0 Å². The molecule has 0 aromatic carbocycles. The molecule has 1 aromatic rings. The Morgan fingerprint density at radius 1 is 1.56 bits per heavy atom. The van der Waals surface area contributed by atoms with Gasteiger partial charge < -0.3 is 9.72 Å². The number of aliphatic imine (C=N–C) groups is 1. The number of nitrogens with zero attached hydrogens (tertiary/aromatic N) is 1. The standard InChI is InChI=1S/C9H8N2S.C5H8O.H2/c1-2-8-9(12-5-11-8)6-3-4-10-7(1)6;1-5-2-3-6-4-5;/h1,3-5,8,10H,2H2;2-3,5H,4H2,1H3;1H. The molecule has 1 N–H and O–H groups in total. The third-order valence-electron chi connectivity index (χ3n) is 3.18. The van der Waals surface area contributed by atoms with Gasteiger partial charge in [0.1, 0.15) is 0 Å². The van der Waals surface area contributed by atoms with Gasteiger partial charge in [0.15, 0.2) is 0 Å². The maximum Gasteiger partial charge on any atom is 0.0934 e. The maximum absolute atomic E-state index is 4.88. The van der Waals surface area contributed by atoms with Crippen LogP contribution >= 0.6 is 11.8 Å². The lowest BCUT2D eigenvalue weighted by atomic mass is 10.1. The smallest absolute Gasteiger partial charge is 0.0934 e. The van der Waals surface area contributed by atoms with Gasteiger partial charge in [0, 0.05) is 29.0 Å². The quantitative estimate of drug-likeness (QED) is 0.775. The van der Waals surface area contributed by atoms with Crippen molar-refractivity contribution in [3.05, 3.63) is 35.2 Å². The number of hydrogen-bond acceptors (Lipinski definition) is 3. The Bertz CT molecular complexity index is 605. The molecule has 0 fully saturated rings. The minimum Gasteiger partial charge on any atom is -0.501 e. The van der Waals surface area contributed by atoms with E-state index in [0.717, 1.165) is 13.0 Å². The van der Waals surface area contributed by atoms with Crippen LogP contribution in [0.1, 0.15) is 14.8 Å². The molecule has 0 bridgehead atoms. The molecular weight excluding hydrogens is 244 g/mol. The third-order valence-corrected chi connectivity index (χ3v) is 4.15. The number of thioether (sulfide) groups is 1. The molecule has 0 saturated heterocycles. The predicted molar refractivity (Wildman–Crippen MR) is 78.8 cm³/mol. The fourth-order valence-electron chi connectivity index (χ4n) is 2.17. The summed E-state index contributed by atoms with van der Waals surface area (Å²) >= 11 is 1.76. The average molecular weight is 262 g/mol. The van der Waals surface area contributed by atoms with Crippen molar-refractivity contribution in [3.63, 3.8) is 0 Å². The van der Waals surface area contributed by atoms with Crippen LogP contribution < -0.4 is 10.6 Å². The maximum atomic E-state index is 4.88. The summed E-state index contributed by atoms with van der Waals surface area (Å²) < 4.78 is 4.88. The molecule has 0 radical (unpaired) electrons.